The van der Waals surface area contributed by atoms with E-state index in [9.17, 15) is 14.7 Å². The van der Waals surface area contributed by atoms with Gasteiger partial charge in [0.25, 0.3) is 0 Å². The molecule has 1 saturated carbocycles. The average molecular weight is 243 g/mol. The number of hydrogen-bond acceptors (Lipinski definition) is 3. The fourth-order valence-electron chi connectivity index (χ4n) is 2.16. The Morgan fingerprint density at radius 3 is 2.47 bits per heavy atom. The maximum absolute atomic E-state index is 11.6. The molecule has 0 radical (unpaired) electrons. The van der Waals surface area contributed by atoms with Gasteiger partial charge in [0.05, 0.1) is 0 Å². The highest BCUT2D eigenvalue weighted by atomic mass is 16.5. The standard InChI is InChI=1S/C12H21NO4/c1-2-8-17-9-10(14)13-12(11(15)16)6-4-3-5-7-12/h2-9H2,1H3,(H,13,14)(H,15,16). The summed E-state index contributed by atoms with van der Waals surface area (Å²) in [5.41, 5.74) is -1.06. The van der Waals surface area contributed by atoms with Crippen LogP contribution in [0.4, 0.5) is 0 Å². The molecule has 0 aromatic rings. The number of carboxylic acid groups (broad SMARTS) is 1. The maximum Gasteiger partial charge on any atom is 0.329 e. The third-order valence-electron chi connectivity index (χ3n) is 3.08. The molecule has 0 aromatic heterocycles. The Morgan fingerprint density at radius 1 is 1.29 bits per heavy atom. The Kier molecular flexibility index (Phi) is 5.41. The zero-order chi connectivity index (χ0) is 12.7. The second-order valence-electron chi connectivity index (χ2n) is 4.55. The summed E-state index contributed by atoms with van der Waals surface area (Å²) in [6, 6.07) is 0. The van der Waals surface area contributed by atoms with E-state index in [1.54, 1.807) is 0 Å². The summed E-state index contributed by atoms with van der Waals surface area (Å²) in [7, 11) is 0. The average Bonchev–Trinajstić information content (AvgIpc) is 2.30. The second kappa shape index (κ2) is 6.59. The van der Waals surface area contributed by atoms with Crippen LogP contribution >= 0.6 is 0 Å². The van der Waals surface area contributed by atoms with E-state index in [4.69, 9.17) is 4.74 Å². The molecule has 0 saturated heterocycles. The Bertz CT molecular complexity index is 272. The minimum Gasteiger partial charge on any atom is -0.480 e. The fraction of sp³-hybridized carbons (Fsp3) is 0.833. The van der Waals surface area contributed by atoms with Crippen LogP contribution in [0.15, 0.2) is 0 Å². The molecule has 5 nitrogen and oxygen atoms in total. The summed E-state index contributed by atoms with van der Waals surface area (Å²) >= 11 is 0. The monoisotopic (exact) mass is 243 g/mol. The van der Waals surface area contributed by atoms with Crippen molar-refractivity contribution in [3.63, 3.8) is 0 Å². The molecule has 0 aromatic carbocycles. The molecule has 1 aliphatic carbocycles. The molecular weight excluding hydrogens is 222 g/mol. The van der Waals surface area contributed by atoms with Gasteiger partial charge >= 0.3 is 5.97 Å². The van der Waals surface area contributed by atoms with E-state index >= 15 is 0 Å². The van der Waals surface area contributed by atoms with Gasteiger partial charge in [0.2, 0.25) is 5.91 Å². The summed E-state index contributed by atoms with van der Waals surface area (Å²) in [6.45, 7) is 2.42. The lowest BCUT2D eigenvalue weighted by Gasteiger charge is -2.33. The number of rotatable bonds is 6. The van der Waals surface area contributed by atoms with Gasteiger partial charge < -0.3 is 15.2 Å². The molecule has 0 unspecified atom stereocenters. The van der Waals surface area contributed by atoms with Gasteiger partial charge in [-0.15, -0.1) is 0 Å². The van der Waals surface area contributed by atoms with E-state index in [1.165, 1.54) is 0 Å². The lowest BCUT2D eigenvalue weighted by atomic mass is 9.81. The highest BCUT2D eigenvalue weighted by Gasteiger charge is 2.40. The number of amides is 1. The number of carbonyl (C=O) groups is 2. The summed E-state index contributed by atoms with van der Waals surface area (Å²) < 4.78 is 5.11. The number of nitrogens with one attached hydrogen (secondary N) is 1. The molecule has 0 spiro atoms. The van der Waals surface area contributed by atoms with Gasteiger partial charge in [0.15, 0.2) is 0 Å². The van der Waals surface area contributed by atoms with Gasteiger partial charge in [-0.1, -0.05) is 26.2 Å². The number of aliphatic carboxylic acids is 1. The van der Waals surface area contributed by atoms with E-state index in [1.807, 2.05) is 6.92 Å². The molecule has 2 N–H and O–H groups in total. The molecule has 1 amide bonds. The molecule has 98 valence electrons. The van der Waals surface area contributed by atoms with Crippen LogP contribution in [0.1, 0.15) is 45.4 Å². The predicted molar refractivity (Wildman–Crippen MR) is 62.7 cm³/mol. The van der Waals surface area contributed by atoms with Crippen LogP contribution in [0.5, 0.6) is 0 Å². The predicted octanol–water partition coefficient (Wildman–Crippen LogP) is 1.32. The minimum absolute atomic E-state index is 0.0527. The Balaban J connectivity index is 2.48. The van der Waals surface area contributed by atoms with Crippen molar-refractivity contribution >= 4 is 11.9 Å². The van der Waals surface area contributed by atoms with Crippen molar-refractivity contribution < 1.29 is 19.4 Å². The molecular formula is C12H21NO4. The smallest absolute Gasteiger partial charge is 0.329 e. The van der Waals surface area contributed by atoms with Crippen LogP contribution in [0.2, 0.25) is 0 Å². The van der Waals surface area contributed by atoms with Gasteiger partial charge in [-0.2, -0.15) is 0 Å². The highest BCUT2D eigenvalue weighted by Crippen LogP contribution is 2.28. The van der Waals surface area contributed by atoms with Gasteiger partial charge in [0.1, 0.15) is 12.1 Å². The van der Waals surface area contributed by atoms with Crippen LogP contribution in [0.25, 0.3) is 0 Å². The van der Waals surface area contributed by atoms with Gasteiger partial charge in [0, 0.05) is 6.61 Å². The first kappa shape index (κ1) is 14.0. The summed E-state index contributed by atoms with van der Waals surface area (Å²) in [6.07, 6.45) is 4.61. The maximum atomic E-state index is 11.6. The first-order valence-corrected chi connectivity index (χ1v) is 6.23. The lowest BCUT2D eigenvalue weighted by molar-refractivity contribution is -0.150. The van der Waals surface area contributed by atoms with Gasteiger partial charge in [-0.25, -0.2) is 4.79 Å². The first-order chi connectivity index (χ1) is 8.10. The van der Waals surface area contributed by atoms with E-state index < -0.39 is 11.5 Å². The van der Waals surface area contributed by atoms with Crippen molar-refractivity contribution in [1.82, 2.24) is 5.32 Å². The van der Waals surface area contributed by atoms with Crippen molar-refractivity contribution in [2.75, 3.05) is 13.2 Å². The largest absolute Gasteiger partial charge is 0.480 e. The molecule has 17 heavy (non-hydrogen) atoms. The van der Waals surface area contributed by atoms with Gasteiger partial charge in [-0.05, 0) is 19.3 Å². The minimum atomic E-state index is -1.06. The van der Waals surface area contributed by atoms with Crippen LogP contribution < -0.4 is 5.32 Å². The van der Waals surface area contributed by atoms with Gasteiger partial charge in [-0.3, -0.25) is 4.79 Å². The van der Waals surface area contributed by atoms with E-state index in [2.05, 4.69) is 5.32 Å². The SMILES string of the molecule is CCCOCC(=O)NC1(C(=O)O)CCCCC1. The number of hydrogen-bond donors (Lipinski definition) is 2. The number of carboxylic acids is 1. The normalized spacial score (nSPS) is 18.6. The molecule has 0 bridgehead atoms. The van der Waals surface area contributed by atoms with Crippen LogP contribution in [-0.2, 0) is 14.3 Å². The van der Waals surface area contributed by atoms with Crippen molar-refractivity contribution in [2.24, 2.45) is 0 Å². The van der Waals surface area contributed by atoms with Crippen molar-refractivity contribution in [3.05, 3.63) is 0 Å². The fourth-order valence-corrected chi connectivity index (χ4v) is 2.16. The molecule has 0 heterocycles. The van der Waals surface area contributed by atoms with Crippen LogP contribution in [0.3, 0.4) is 0 Å². The summed E-state index contributed by atoms with van der Waals surface area (Å²) in [4.78, 5) is 22.9. The molecule has 1 aliphatic rings. The molecule has 5 heteroatoms. The number of carbonyl (C=O) groups excluding carboxylic acids is 1. The Morgan fingerprint density at radius 2 is 1.94 bits per heavy atom. The van der Waals surface area contributed by atoms with E-state index in [-0.39, 0.29) is 12.5 Å². The first-order valence-electron chi connectivity index (χ1n) is 6.23. The van der Waals surface area contributed by atoms with E-state index in [0.29, 0.717) is 19.4 Å². The summed E-state index contributed by atoms with van der Waals surface area (Å²) in [5.74, 6) is -1.26. The zero-order valence-electron chi connectivity index (χ0n) is 10.3. The van der Waals surface area contributed by atoms with Crippen molar-refractivity contribution in [2.45, 2.75) is 51.0 Å². The Hall–Kier alpha value is -1.10. The molecule has 0 aliphatic heterocycles. The number of ether oxygens (including phenoxy) is 1. The third-order valence-corrected chi connectivity index (χ3v) is 3.08. The van der Waals surface area contributed by atoms with Crippen molar-refractivity contribution in [3.8, 4) is 0 Å². The molecule has 0 atom stereocenters. The topological polar surface area (TPSA) is 75.6 Å². The quantitative estimate of drug-likeness (QED) is 0.690. The summed E-state index contributed by atoms with van der Waals surface area (Å²) in [5, 5.41) is 11.9. The molecule has 1 rings (SSSR count). The Labute approximate surface area is 102 Å². The molecule has 1 fully saturated rings. The van der Waals surface area contributed by atoms with Crippen LogP contribution in [0, 0.1) is 0 Å². The van der Waals surface area contributed by atoms with Crippen LogP contribution in [-0.4, -0.2) is 35.7 Å². The van der Waals surface area contributed by atoms with Crippen molar-refractivity contribution in [1.29, 1.82) is 0 Å². The lowest BCUT2D eigenvalue weighted by Crippen LogP contribution is -2.56. The van der Waals surface area contributed by atoms with E-state index in [0.717, 1.165) is 25.7 Å². The second-order valence-corrected chi connectivity index (χ2v) is 4.55. The zero-order valence-corrected chi connectivity index (χ0v) is 10.3. The highest BCUT2D eigenvalue weighted by molar-refractivity contribution is 5.87. The third kappa shape index (κ3) is 4.00.